The van der Waals surface area contributed by atoms with Gasteiger partial charge < -0.3 is 24.4 Å². The van der Waals surface area contributed by atoms with Crippen LogP contribution in [0.4, 0.5) is 0 Å². The van der Waals surface area contributed by atoms with E-state index in [0.29, 0.717) is 31.2 Å². The molecule has 35 heavy (non-hydrogen) atoms. The fourth-order valence-electron chi connectivity index (χ4n) is 3.90. The van der Waals surface area contributed by atoms with E-state index in [-0.39, 0.29) is 18.6 Å². The summed E-state index contributed by atoms with van der Waals surface area (Å²) in [5.41, 5.74) is 3.03. The van der Waals surface area contributed by atoms with Gasteiger partial charge in [0.2, 0.25) is 0 Å². The third-order valence-corrected chi connectivity index (χ3v) is 6.63. The predicted octanol–water partition coefficient (Wildman–Crippen LogP) is 4.36. The Balaban J connectivity index is 1.21. The molecular formula is C27H27N3O4S. The van der Waals surface area contributed by atoms with Crippen molar-refractivity contribution in [3.63, 3.8) is 0 Å². The second kappa shape index (κ2) is 10.3. The van der Waals surface area contributed by atoms with E-state index in [0.717, 1.165) is 32.1 Å². The van der Waals surface area contributed by atoms with Crippen molar-refractivity contribution in [1.29, 1.82) is 0 Å². The first-order chi connectivity index (χ1) is 17.0. The topological polar surface area (TPSA) is 72.9 Å². The smallest absolute Gasteiger partial charge is 0.258 e. The van der Waals surface area contributed by atoms with Crippen LogP contribution in [0.2, 0.25) is 0 Å². The van der Waals surface area contributed by atoms with Crippen LogP contribution in [0, 0.1) is 0 Å². The van der Waals surface area contributed by atoms with Crippen LogP contribution in [-0.2, 0) is 11.3 Å². The van der Waals surface area contributed by atoms with Crippen LogP contribution in [-0.4, -0.2) is 55.7 Å². The van der Waals surface area contributed by atoms with Gasteiger partial charge in [-0.1, -0.05) is 24.3 Å². The fourth-order valence-corrected chi connectivity index (χ4v) is 4.86. The summed E-state index contributed by atoms with van der Waals surface area (Å²) in [6, 6.07) is 21.6. The summed E-state index contributed by atoms with van der Waals surface area (Å²) >= 11 is 1.67. The molecule has 5 rings (SSSR count). The van der Waals surface area contributed by atoms with Crippen LogP contribution in [0.3, 0.4) is 0 Å². The van der Waals surface area contributed by atoms with Gasteiger partial charge in [0.1, 0.15) is 23.5 Å². The van der Waals surface area contributed by atoms with Crippen molar-refractivity contribution in [3.8, 4) is 27.8 Å². The van der Waals surface area contributed by atoms with E-state index < -0.39 is 0 Å². The van der Waals surface area contributed by atoms with E-state index >= 15 is 0 Å². The first-order valence-electron chi connectivity index (χ1n) is 11.5. The normalized spacial score (nSPS) is 14.8. The maximum Gasteiger partial charge on any atom is 0.258 e. The predicted molar refractivity (Wildman–Crippen MR) is 137 cm³/mol. The number of aromatic nitrogens is 1. The van der Waals surface area contributed by atoms with E-state index in [1.54, 1.807) is 11.3 Å². The summed E-state index contributed by atoms with van der Waals surface area (Å²) in [6.45, 7) is 1.34. The standard InChI is InChI=1S/C27H27N3O4S/c1-30(2)15-19-13-18(27-29-21-7-3-6-10-25(21)35-27)11-12-22(19)33-17-26(31)28-14-20-16-32-23-8-4-5-9-24(23)34-20/h3-13,20H,14-17H2,1-2H3,(H,28,31)/t20-/m0/s1. The quantitative estimate of drug-likeness (QED) is 0.397. The average molecular weight is 490 g/mol. The molecule has 0 fully saturated rings. The van der Waals surface area contributed by atoms with Crippen LogP contribution >= 0.6 is 11.3 Å². The zero-order valence-corrected chi connectivity index (χ0v) is 20.5. The number of thiazole rings is 1. The van der Waals surface area contributed by atoms with Crippen molar-refractivity contribution < 1.29 is 19.0 Å². The molecule has 0 bridgehead atoms. The van der Waals surface area contributed by atoms with Gasteiger partial charge in [0.15, 0.2) is 18.1 Å². The lowest BCUT2D eigenvalue weighted by Gasteiger charge is -2.26. The molecule has 0 saturated carbocycles. The fraction of sp³-hybridized carbons (Fsp3) is 0.259. The first kappa shape index (κ1) is 23.1. The Labute approximate surface area is 208 Å². The highest BCUT2D eigenvalue weighted by Crippen LogP contribution is 2.33. The van der Waals surface area contributed by atoms with E-state index in [1.165, 1.54) is 0 Å². The van der Waals surface area contributed by atoms with Crippen molar-refractivity contribution in [2.45, 2.75) is 12.6 Å². The van der Waals surface area contributed by atoms with Crippen LogP contribution in [0.1, 0.15) is 5.56 Å². The Morgan fingerprint density at radius 3 is 2.74 bits per heavy atom. The molecule has 3 aromatic carbocycles. The second-order valence-electron chi connectivity index (χ2n) is 8.64. The van der Waals surface area contributed by atoms with Gasteiger partial charge in [0, 0.05) is 17.7 Å². The Morgan fingerprint density at radius 2 is 1.91 bits per heavy atom. The summed E-state index contributed by atoms with van der Waals surface area (Å²) in [6.07, 6.45) is -0.244. The third-order valence-electron chi connectivity index (χ3n) is 5.54. The molecule has 7 nitrogen and oxygen atoms in total. The lowest BCUT2D eigenvalue weighted by Crippen LogP contribution is -2.42. The van der Waals surface area contributed by atoms with Crippen molar-refractivity contribution >= 4 is 27.5 Å². The number of nitrogens with one attached hydrogen (secondary N) is 1. The van der Waals surface area contributed by atoms with Crippen LogP contribution in [0.25, 0.3) is 20.8 Å². The van der Waals surface area contributed by atoms with Gasteiger partial charge in [0.05, 0.1) is 16.8 Å². The number of amides is 1. The minimum absolute atomic E-state index is 0.0783. The molecule has 0 saturated heterocycles. The van der Waals surface area contributed by atoms with Crippen LogP contribution < -0.4 is 19.5 Å². The molecule has 1 aliphatic rings. The monoisotopic (exact) mass is 489 g/mol. The number of ether oxygens (including phenoxy) is 3. The molecule has 4 aromatic rings. The minimum atomic E-state index is -0.244. The third kappa shape index (κ3) is 5.55. The number of nitrogens with zero attached hydrogens (tertiary/aromatic N) is 2. The van der Waals surface area contributed by atoms with E-state index in [2.05, 4.69) is 22.3 Å². The minimum Gasteiger partial charge on any atom is -0.486 e. The summed E-state index contributed by atoms with van der Waals surface area (Å²) < 4.78 is 18.7. The zero-order valence-electron chi connectivity index (χ0n) is 19.7. The van der Waals surface area contributed by atoms with Gasteiger partial charge in [-0.15, -0.1) is 11.3 Å². The van der Waals surface area contributed by atoms with E-state index in [1.807, 2.05) is 68.7 Å². The molecule has 0 unspecified atom stereocenters. The molecular weight excluding hydrogens is 462 g/mol. The molecule has 1 amide bonds. The molecule has 0 spiro atoms. The van der Waals surface area contributed by atoms with Crippen molar-refractivity contribution in [2.24, 2.45) is 0 Å². The highest BCUT2D eigenvalue weighted by atomic mass is 32.1. The van der Waals surface area contributed by atoms with Gasteiger partial charge in [0.25, 0.3) is 5.91 Å². The maximum atomic E-state index is 12.5. The lowest BCUT2D eigenvalue weighted by atomic mass is 10.1. The highest BCUT2D eigenvalue weighted by Gasteiger charge is 2.21. The van der Waals surface area contributed by atoms with Crippen molar-refractivity contribution in [2.75, 3.05) is 33.9 Å². The lowest BCUT2D eigenvalue weighted by molar-refractivity contribution is -0.123. The molecule has 8 heteroatoms. The Kier molecular flexibility index (Phi) is 6.83. The Hall–Kier alpha value is -3.62. The number of benzene rings is 3. The number of hydrogen-bond acceptors (Lipinski definition) is 7. The van der Waals surface area contributed by atoms with E-state index in [4.69, 9.17) is 19.2 Å². The molecule has 2 heterocycles. The molecule has 1 atom stereocenters. The van der Waals surface area contributed by atoms with Gasteiger partial charge in [-0.05, 0) is 56.6 Å². The number of fused-ring (bicyclic) bond motifs is 2. The SMILES string of the molecule is CN(C)Cc1cc(-c2nc3ccccc3s2)ccc1OCC(=O)NC[C@H]1COc2ccccc2O1. The molecule has 180 valence electrons. The van der Waals surface area contributed by atoms with Crippen LogP contribution in [0.5, 0.6) is 17.2 Å². The largest absolute Gasteiger partial charge is 0.486 e. The Bertz CT molecular complexity index is 1300. The Morgan fingerprint density at radius 1 is 1.11 bits per heavy atom. The zero-order chi connectivity index (χ0) is 24.2. The van der Waals surface area contributed by atoms with Gasteiger partial charge in [-0.2, -0.15) is 0 Å². The molecule has 1 aliphatic heterocycles. The highest BCUT2D eigenvalue weighted by molar-refractivity contribution is 7.21. The number of rotatable bonds is 8. The summed E-state index contributed by atoms with van der Waals surface area (Å²) in [7, 11) is 4.01. The second-order valence-corrected chi connectivity index (χ2v) is 9.67. The van der Waals surface area contributed by atoms with Gasteiger partial charge in [-0.3, -0.25) is 4.79 Å². The molecule has 0 radical (unpaired) electrons. The summed E-state index contributed by atoms with van der Waals surface area (Å²) in [5, 5.41) is 3.84. The average Bonchev–Trinajstić information content (AvgIpc) is 3.30. The number of para-hydroxylation sites is 3. The van der Waals surface area contributed by atoms with Crippen LogP contribution in [0.15, 0.2) is 66.7 Å². The van der Waals surface area contributed by atoms with Crippen molar-refractivity contribution in [1.82, 2.24) is 15.2 Å². The molecule has 1 aromatic heterocycles. The summed E-state index contributed by atoms with van der Waals surface area (Å²) in [5.74, 6) is 1.89. The van der Waals surface area contributed by atoms with Crippen molar-refractivity contribution in [3.05, 3.63) is 72.3 Å². The van der Waals surface area contributed by atoms with E-state index in [9.17, 15) is 4.79 Å². The van der Waals surface area contributed by atoms with Gasteiger partial charge in [-0.25, -0.2) is 4.98 Å². The molecule has 1 N–H and O–H groups in total. The maximum absolute atomic E-state index is 12.5. The number of carbonyl (C=O) groups excluding carboxylic acids is 1. The molecule has 0 aliphatic carbocycles. The number of carbonyl (C=O) groups is 1. The first-order valence-corrected chi connectivity index (χ1v) is 12.3. The summed E-state index contributed by atoms with van der Waals surface area (Å²) in [4.78, 5) is 19.3. The number of hydrogen-bond donors (Lipinski definition) is 1. The van der Waals surface area contributed by atoms with Gasteiger partial charge >= 0.3 is 0 Å².